The number of anilines is 3. The minimum Gasteiger partial charge on any atom is -0.354 e. The van der Waals surface area contributed by atoms with Gasteiger partial charge < -0.3 is 15.5 Å². The molecule has 1 fully saturated rings. The number of benzene rings is 1. The summed E-state index contributed by atoms with van der Waals surface area (Å²) in [6.07, 6.45) is 5.74. The van der Waals surface area contributed by atoms with E-state index in [1.165, 1.54) is 0 Å². The van der Waals surface area contributed by atoms with Crippen molar-refractivity contribution in [2.24, 2.45) is 5.73 Å². The molecule has 3 heterocycles. The van der Waals surface area contributed by atoms with Gasteiger partial charge in [-0.2, -0.15) is 0 Å². The third-order valence-electron chi connectivity index (χ3n) is 4.99. The van der Waals surface area contributed by atoms with E-state index in [1.807, 2.05) is 42.2 Å². The predicted octanol–water partition coefficient (Wildman–Crippen LogP) is 2.14. The lowest BCUT2D eigenvalue weighted by Crippen LogP contribution is -2.37. The fourth-order valence-corrected chi connectivity index (χ4v) is 3.44. The summed E-state index contributed by atoms with van der Waals surface area (Å²) in [6.45, 7) is 2.23. The third-order valence-corrected chi connectivity index (χ3v) is 4.99. The van der Waals surface area contributed by atoms with Crippen molar-refractivity contribution in [1.29, 1.82) is 0 Å². The summed E-state index contributed by atoms with van der Waals surface area (Å²) < 4.78 is 1.94. The lowest BCUT2D eigenvalue weighted by molar-refractivity contribution is 0.368. The Morgan fingerprint density at radius 1 is 1.22 bits per heavy atom. The van der Waals surface area contributed by atoms with Crippen molar-refractivity contribution in [3.63, 3.8) is 0 Å². The molecule has 2 aromatic heterocycles. The fourth-order valence-electron chi connectivity index (χ4n) is 3.44. The summed E-state index contributed by atoms with van der Waals surface area (Å²) in [5.41, 5.74) is 7.57. The minimum absolute atomic E-state index is 0.275. The number of rotatable bonds is 5. The van der Waals surface area contributed by atoms with E-state index in [2.05, 4.69) is 42.2 Å². The molecule has 8 heteroatoms. The van der Waals surface area contributed by atoms with E-state index in [0.717, 1.165) is 48.9 Å². The molecular weight excluding hydrogens is 340 g/mol. The molecular formula is C19H24N8. The molecule has 1 atom stereocenters. The van der Waals surface area contributed by atoms with E-state index in [1.54, 1.807) is 6.33 Å². The Morgan fingerprint density at radius 2 is 2.07 bits per heavy atom. The number of hydrogen-bond donors (Lipinski definition) is 1. The van der Waals surface area contributed by atoms with Gasteiger partial charge in [-0.3, -0.25) is 0 Å². The van der Waals surface area contributed by atoms with Crippen molar-refractivity contribution < 1.29 is 0 Å². The first kappa shape index (κ1) is 17.4. The quantitative estimate of drug-likeness (QED) is 0.742. The molecule has 3 aromatic rings. The molecule has 4 rings (SSSR count). The average Bonchev–Trinajstić information content (AvgIpc) is 3.23. The molecule has 27 heavy (non-hydrogen) atoms. The van der Waals surface area contributed by atoms with Gasteiger partial charge in [0.25, 0.3) is 0 Å². The van der Waals surface area contributed by atoms with Crippen LogP contribution in [0.2, 0.25) is 0 Å². The highest BCUT2D eigenvalue weighted by molar-refractivity contribution is 5.61. The van der Waals surface area contributed by atoms with Gasteiger partial charge in [0.15, 0.2) is 0 Å². The van der Waals surface area contributed by atoms with Gasteiger partial charge in [0.05, 0.1) is 17.9 Å². The highest BCUT2D eigenvalue weighted by atomic mass is 15.4. The van der Waals surface area contributed by atoms with Gasteiger partial charge in [-0.1, -0.05) is 23.4 Å². The number of para-hydroxylation sites is 1. The molecule has 0 radical (unpaired) electrons. The maximum atomic E-state index is 5.66. The van der Waals surface area contributed by atoms with Gasteiger partial charge in [0.2, 0.25) is 0 Å². The number of nitrogens with two attached hydrogens (primary N) is 1. The van der Waals surface area contributed by atoms with Crippen LogP contribution in [0, 0.1) is 0 Å². The highest BCUT2D eigenvalue weighted by Gasteiger charge is 2.24. The average molecular weight is 364 g/mol. The first-order valence-corrected chi connectivity index (χ1v) is 9.21. The van der Waals surface area contributed by atoms with Gasteiger partial charge in [-0.05, 0) is 25.0 Å². The second-order valence-corrected chi connectivity index (χ2v) is 6.77. The molecule has 0 amide bonds. The zero-order valence-electron chi connectivity index (χ0n) is 15.4. The van der Waals surface area contributed by atoms with Crippen molar-refractivity contribution in [3.05, 3.63) is 54.6 Å². The molecule has 2 N–H and O–H groups in total. The van der Waals surface area contributed by atoms with E-state index in [0.29, 0.717) is 6.54 Å². The van der Waals surface area contributed by atoms with Crippen molar-refractivity contribution in [2.45, 2.75) is 25.4 Å². The molecule has 1 unspecified atom stereocenters. The van der Waals surface area contributed by atoms with Crippen molar-refractivity contribution >= 4 is 17.3 Å². The van der Waals surface area contributed by atoms with Gasteiger partial charge in [0.1, 0.15) is 18.0 Å². The van der Waals surface area contributed by atoms with Crippen LogP contribution < -0.4 is 15.5 Å². The maximum Gasteiger partial charge on any atom is 0.138 e. The first-order valence-electron chi connectivity index (χ1n) is 9.21. The number of nitrogens with zero attached hydrogens (tertiary/aromatic N) is 7. The molecule has 0 bridgehead atoms. The molecule has 1 aliphatic rings. The monoisotopic (exact) mass is 364 g/mol. The number of aromatic nitrogens is 5. The van der Waals surface area contributed by atoms with E-state index in [9.17, 15) is 0 Å². The Hall–Kier alpha value is -3.00. The molecule has 0 saturated carbocycles. The summed E-state index contributed by atoms with van der Waals surface area (Å²) in [4.78, 5) is 13.3. The summed E-state index contributed by atoms with van der Waals surface area (Å²) in [5, 5.41) is 8.36. The first-order chi connectivity index (χ1) is 13.2. The number of hydrogen-bond acceptors (Lipinski definition) is 7. The second-order valence-electron chi connectivity index (χ2n) is 6.77. The Balaban J connectivity index is 1.52. The van der Waals surface area contributed by atoms with Crippen LogP contribution in [-0.2, 0) is 6.54 Å². The lowest BCUT2D eigenvalue weighted by atomic mass is 10.1. The summed E-state index contributed by atoms with van der Waals surface area (Å²) in [5.74, 6) is 1.81. The van der Waals surface area contributed by atoms with Crippen LogP contribution in [0.3, 0.4) is 0 Å². The SMILES string of the molecule is CN(c1ccccc1)c1cc(N2CCCC(n3cc(CN)nn3)C2)ncn1. The fraction of sp³-hybridized carbons (Fsp3) is 0.368. The zero-order valence-corrected chi connectivity index (χ0v) is 15.4. The highest BCUT2D eigenvalue weighted by Crippen LogP contribution is 2.28. The molecule has 0 spiro atoms. The van der Waals surface area contributed by atoms with Crippen molar-refractivity contribution in [3.8, 4) is 0 Å². The maximum absolute atomic E-state index is 5.66. The molecule has 140 valence electrons. The molecule has 1 aromatic carbocycles. The summed E-state index contributed by atoms with van der Waals surface area (Å²) in [6, 6.07) is 12.5. The van der Waals surface area contributed by atoms with Gasteiger partial charge >= 0.3 is 0 Å². The van der Waals surface area contributed by atoms with Crippen LogP contribution in [0.5, 0.6) is 0 Å². The van der Waals surface area contributed by atoms with Gasteiger partial charge in [-0.25, -0.2) is 14.6 Å². The standard InChI is InChI=1S/C19H24N8/c1-25(16-6-3-2-4-7-16)18-10-19(22-14-21-18)26-9-5-8-17(13-26)27-12-15(11-20)23-24-27/h2-4,6-7,10,12,14,17H,5,8-9,11,13,20H2,1H3. The third kappa shape index (κ3) is 3.75. The Kier molecular flexibility index (Phi) is 4.97. The van der Waals surface area contributed by atoms with Crippen LogP contribution in [0.25, 0.3) is 0 Å². The predicted molar refractivity (Wildman–Crippen MR) is 105 cm³/mol. The lowest BCUT2D eigenvalue weighted by Gasteiger charge is -2.33. The summed E-state index contributed by atoms with van der Waals surface area (Å²) in [7, 11) is 2.02. The summed E-state index contributed by atoms with van der Waals surface area (Å²) >= 11 is 0. The topological polar surface area (TPSA) is 89.0 Å². The van der Waals surface area contributed by atoms with Crippen LogP contribution in [0.15, 0.2) is 48.9 Å². The Labute approximate surface area is 158 Å². The molecule has 0 aliphatic carbocycles. The molecule has 8 nitrogen and oxygen atoms in total. The van der Waals surface area contributed by atoms with E-state index >= 15 is 0 Å². The van der Waals surface area contributed by atoms with Crippen LogP contribution in [0.4, 0.5) is 17.3 Å². The Morgan fingerprint density at radius 3 is 2.85 bits per heavy atom. The molecule has 1 saturated heterocycles. The van der Waals surface area contributed by atoms with Gasteiger partial charge in [-0.15, -0.1) is 5.10 Å². The normalized spacial score (nSPS) is 17.1. The van der Waals surface area contributed by atoms with E-state index < -0.39 is 0 Å². The van der Waals surface area contributed by atoms with Crippen LogP contribution in [0.1, 0.15) is 24.6 Å². The zero-order chi connectivity index (χ0) is 18.6. The minimum atomic E-state index is 0.275. The van der Waals surface area contributed by atoms with Gasteiger partial charge in [0, 0.05) is 38.4 Å². The molecule has 1 aliphatic heterocycles. The number of piperidine rings is 1. The largest absolute Gasteiger partial charge is 0.354 e. The Bertz CT molecular complexity index is 878. The van der Waals surface area contributed by atoms with E-state index in [-0.39, 0.29) is 6.04 Å². The van der Waals surface area contributed by atoms with Crippen molar-refractivity contribution in [1.82, 2.24) is 25.0 Å². The van der Waals surface area contributed by atoms with Crippen molar-refractivity contribution in [2.75, 3.05) is 29.9 Å². The van der Waals surface area contributed by atoms with Crippen LogP contribution >= 0.6 is 0 Å². The smallest absolute Gasteiger partial charge is 0.138 e. The van der Waals surface area contributed by atoms with E-state index in [4.69, 9.17) is 5.73 Å². The second kappa shape index (κ2) is 7.71. The van der Waals surface area contributed by atoms with Crippen LogP contribution in [-0.4, -0.2) is 45.1 Å².